The number of nitrogens with two attached hydrogens (primary N) is 1. The Kier molecular flexibility index (Phi) is 9.16. The number of amides is 2. The number of nitrogens with zero attached hydrogens (tertiary/aromatic N) is 3. The fourth-order valence-corrected chi connectivity index (χ4v) is 3.83. The van der Waals surface area contributed by atoms with Crippen LogP contribution in [-0.4, -0.2) is 67.1 Å². The summed E-state index contributed by atoms with van der Waals surface area (Å²) in [6, 6.07) is -0.138. The molecular formula is C15H27ClN6O4S. The van der Waals surface area contributed by atoms with Gasteiger partial charge >= 0.3 is 0 Å². The summed E-state index contributed by atoms with van der Waals surface area (Å²) in [6.45, 7) is 0.838. The average Bonchev–Trinajstić information content (AvgIpc) is 3.06. The number of halogens is 1. The molecule has 1 aromatic rings. The second kappa shape index (κ2) is 10.6. The molecule has 1 atom stereocenters. The van der Waals surface area contributed by atoms with Crippen molar-refractivity contribution < 1.29 is 18.0 Å². The van der Waals surface area contributed by atoms with Crippen molar-refractivity contribution in [2.75, 3.05) is 26.2 Å². The fourth-order valence-electron chi connectivity index (χ4n) is 2.87. The van der Waals surface area contributed by atoms with E-state index in [2.05, 4.69) is 15.1 Å². The van der Waals surface area contributed by atoms with Crippen molar-refractivity contribution in [1.29, 1.82) is 0 Å². The van der Waals surface area contributed by atoms with Crippen LogP contribution in [0.5, 0.6) is 0 Å². The Labute approximate surface area is 165 Å². The Bertz CT molecular complexity index is 738. The van der Waals surface area contributed by atoms with Gasteiger partial charge in [-0.15, -0.1) is 12.4 Å². The summed E-state index contributed by atoms with van der Waals surface area (Å²) in [6.07, 6.45) is 5.42. The highest BCUT2D eigenvalue weighted by molar-refractivity contribution is 7.89. The molecule has 0 radical (unpaired) electrons. The van der Waals surface area contributed by atoms with Gasteiger partial charge in [-0.25, -0.2) is 13.1 Å². The third-order valence-corrected chi connectivity index (χ3v) is 5.61. The van der Waals surface area contributed by atoms with Crippen LogP contribution >= 0.6 is 12.4 Å². The zero-order chi connectivity index (χ0) is 19.2. The van der Waals surface area contributed by atoms with E-state index >= 15 is 0 Å². The molecule has 1 saturated heterocycles. The lowest BCUT2D eigenvalue weighted by atomic mass is 10.0. The van der Waals surface area contributed by atoms with Crippen LogP contribution in [0, 0.1) is 0 Å². The Morgan fingerprint density at radius 2 is 2.11 bits per heavy atom. The smallest absolute Gasteiger partial charge is 0.244 e. The molecule has 0 bridgehead atoms. The number of aryl methyl sites for hydroxylation is 1. The van der Waals surface area contributed by atoms with Crippen molar-refractivity contribution in [3.8, 4) is 0 Å². The van der Waals surface area contributed by atoms with E-state index in [1.54, 1.807) is 11.9 Å². The lowest BCUT2D eigenvalue weighted by molar-refractivity contribution is -0.134. The van der Waals surface area contributed by atoms with E-state index in [1.165, 1.54) is 17.1 Å². The fraction of sp³-hybridized carbons (Fsp3) is 0.667. The molecule has 0 saturated carbocycles. The lowest BCUT2D eigenvalue weighted by Gasteiger charge is -2.36. The Morgan fingerprint density at radius 1 is 1.37 bits per heavy atom. The highest BCUT2D eigenvalue weighted by Crippen LogP contribution is 2.17. The second-order valence-corrected chi connectivity index (χ2v) is 8.02. The molecule has 1 unspecified atom stereocenters. The lowest BCUT2D eigenvalue weighted by Crippen LogP contribution is -2.52. The minimum Gasteiger partial charge on any atom is -0.354 e. The number of carbonyl (C=O) groups excluding carboxylic acids is 2. The van der Waals surface area contributed by atoms with Crippen molar-refractivity contribution in [3.63, 3.8) is 0 Å². The Morgan fingerprint density at radius 3 is 2.74 bits per heavy atom. The van der Waals surface area contributed by atoms with E-state index in [9.17, 15) is 18.0 Å². The molecule has 12 heteroatoms. The molecule has 1 fully saturated rings. The molecule has 154 valence electrons. The molecule has 0 spiro atoms. The summed E-state index contributed by atoms with van der Waals surface area (Å²) in [5, 5.41) is 6.60. The monoisotopic (exact) mass is 422 g/mol. The molecule has 27 heavy (non-hydrogen) atoms. The van der Waals surface area contributed by atoms with Crippen LogP contribution in [0.1, 0.15) is 25.7 Å². The molecule has 1 aliphatic heterocycles. The van der Waals surface area contributed by atoms with E-state index in [4.69, 9.17) is 5.73 Å². The van der Waals surface area contributed by atoms with Gasteiger partial charge < -0.3 is 16.0 Å². The molecule has 1 aliphatic rings. The molecule has 0 aromatic carbocycles. The first kappa shape index (κ1) is 23.3. The summed E-state index contributed by atoms with van der Waals surface area (Å²) in [5.74, 6) is -0.460. The average molecular weight is 423 g/mol. The SMILES string of the molecule is Cl.Cn1cc(S(=O)(=O)NCC(=O)N2CCCCC2CNC(=O)CCN)cn1. The number of hydrogen-bond donors (Lipinski definition) is 3. The first-order chi connectivity index (χ1) is 12.3. The van der Waals surface area contributed by atoms with E-state index in [1.807, 2.05) is 0 Å². The third kappa shape index (κ3) is 6.76. The number of piperidine rings is 1. The van der Waals surface area contributed by atoms with E-state index in [0.717, 1.165) is 19.3 Å². The largest absolute Gasteiger partial charge is 0.354 e. The predicted molar refractivity (Wildman–Crippen MR) is 102 cm³/mol. The number of nitrogens with one attached hydrogen (secondary N) is 2. The minimum atomic E-state index is -3.79. The minimum absolute atomic E-state index is 0. The topological polar surface area (TPSA) is 139 Å². The number of rotatable bonds is 8. The molecule has 4 N–H and O–H groups in total. The summed E-state index contributed by atoms with van der Waals surface area (Å²) in [7, 11) is -2.18. The number of sulfonamides is 1. The Balaban J connectivity index is 0.00000364. The summed E-state index contributed by atoms with van der Waals surface area (Å²) in [5.41, 5.74) is 5.35. The number of carbonyl (C=O) groups is 2. The van der Waals surface area contributed by atoms with Crippen LogP contribution in [0.15, 0.2) is 17.3 Å². The highest BCUT2D eigenvalue weighted by Gasteiger charge is 2.28. The van der Waals surface area contributed by atoms with Gasteiger partial charge in [0.05, 0.1) is 12.7 Å². The predicted octanol–water partition coefficient (Wildman–Crippen LogP) is -1.03. The molecule has 10 nitrogen and oxygen atoms in total. The summed E-state index contributed by atoms with van der Waals surface area (Å²) >= 11 is 0. The van der Waals surface area contributed by atoms with Crippen LogP contribution in [-0.2, 0) is 26.7 Å². The molecular weight excluding hydrogens is 396 g/mol. The maximum atomic E-state index is 12.5. The first-order valence-corrected chi connectivity index (χ1v) is 10.1. The summed E-state index contributed by atoms with van der Waals surface area (Å²) in [4.78, 5) is 25.7. The van der Waals surface area contributed by atoms with Crippen molar-refractivity contribution in [1.82, 2.24) is 24.7 Å². The number of aromatic nitrogens is 2. The van der Waals surface area contributed by atoms with Crippen molar-refractivity contribution >= 4 is 34.2 Å². The second-order valence-electron chi connectivity index (χ2n) is 6.25. The van der Waals surface area contributed by atoms with Crippen LogP contribution in [0.2, 0.25) is 0 Å². The quantitative estimate of drug-likeness (QED) is 0.489. The van der Waals surface area contributed by atoms with Gasteiger partial charge in [0.2, 0.25) is 21.8 Å². The molecule has 1 aromatic heterocycles. The molecule has 2 amide bonds. The van der Waals surface area contributed by atoms with Crippen LogP contribution in [0.25, 0.3) is 0 Å². The maximum absolute atomic E-state index is 12.5. The zero-order valence-corrected chi connectivity index (χ0v) is 16.9. The standard InChI is InChI=1S/C15H26N6O4S.ClH/c1-20-11-13(9-18-20)26(24,25)19-10-15(23)21-7-3-2-4-12(21)8-17-14(22)5-6-16;/h9,11-12,19H,2-8,10,16H2,1H3,(H,17,22);1H. The van der Waals surface area contributed by atoms with Crippen molar-refractivity contribution in [3.05, 3.63) is 12.4 Å². The Hall–Kier alpha value is -1.69. The summed E-state index contributed by atoms with van der Waals surface area (Å²) < 4.78 is 28.1. The number of hydrogen-bond acceptors (Lipinski definition) is 6. The van der Waals surface area contributed by atoms with Crippen LogP contribution in [0.4, 0.5) is 0 Å². The van der Waals surface area contributed by atoms with Gasteiger partial charge in [0, 0.05) is 45.3 Å². The van der Waals surface area contributed by atoms with Gasteiger partial charge in [-0.2, -0.15) is 5.10 Å². The molecule has 0 aliphatic carbocycles. The maximum Gasteiger partial charge on any atom is 0.244 e. The van der Waals surface area contributed by atoms with E-state index in [-0.39, 0.29) is 54.7 Å². The van der Waals surface area contributed by atoms with Gasteiger partial charge in [-0.05, 0) is 19.3 Å². The van der Waals surface area contributed by atoms with Crippen molar-refractivity contribution in [2.45, 2.75) is 36.6 Å². The van der Waals surface area contributed by atoms with Gasteiger partial charge in [0.15, 0.2) is 0 Å². The van der Waals surface area contributed by atoms with Crippen LogP contribution < -0.4 is 15.8 Å². The van der Waals surface area contributed by atoms with Crippen LogP contribution in [0.3, 0.4) is 0 Å². The van der Waals surface area contributed by atoms with E-state index in [0.29, 0.717) is 13.1 Å². The normalized spacial score (nSPS) is 17.3. The van der Waals surface area contributed by atoms with Gasteiger partial charge in [0.1, 0.15) is 4.90 Å². The molecule has 2 rings (SSSR count). The zero-order valence-electron chi connectivity index (χ0n) is 15.3. The van der Waals surface area contributed by atoms with Gasteiger partial charge in [-0.3, -0.25) is 14.3 Å². The van der Waals surface area contributed by atoms with Gasteiger partial charge in [-0.1, -0.05) is 0 Å². The van der Waals surface area contributed by atoms with E-state index < -0.39 is 10.0 Å². The number of likely N-dealkylation sites (tertiary alicyclic amines) is 1. The third-order valence-electron chi connectivity index (χ3n) is 4.26. The van der Waals surface area contributed by atoms with Gasteiger partial charge in [0.25, 0.3) is 0 Å². The van der Waals surface area contributed by atoms with Crippen molar-refractivity contribution in [2.24, 2.45) is 12.8 Å². The highest BCUT2D eigenvalue weighted by atomic mass is 35.5. The molecule has 2 heterocycles. The first-order valence-electron chi connectivity index (χ1n) is 8.58.